The van der Waals surface area contributed by atoms with Gasteiger partial charge in [0.1, 0.15) is 0 Å². The van der Waals surface area contributed by atoms with Gasteiger partial charge in [-0.1, -0.05) is 12.2 Å². The molecule has 3 atom stereocenters. The van der Waals surface area contributed by atoms with Crippen LogP contribution in [0, 0.1) is 5.92 Å². The third-order valence-corrected chi connectivity index (χ3v) is 4.11. The van der Waals surface area contributed by atoms with Gasteiger partial charge in [-0.2, -0.15) is 0 Å². The van der Waals surface area contributed by atoms with Crippen LogP contribution in [0.15, 0.2) is 0 Å². The van der Waals surface area contributed by atoms with E-state index in [-0.39, 0.29) is 35.0 Å². The van der Waals surface area contributed by atoms with Crippen LogP contribution in [-0.2, 0) is 4.79 Å². The van der Waals surface area contributed by atoms with E-state index in [1.165, 1.54) is 0 Å². The zero-order valence-corrected chi connectivity index (χ0v) is 10.2. The smallest absolute Gasteiger partial charge is 0.232 e. The predicted molar refractivity (Wildman–Crippen MR) is 64.8 cm³/mol. The Morgan fingerprint density at radius 3 is 2.38 bits per heavy atom. The molecule has 0 aromatic heterocycles. The van der Waals surface area contributed by atoms with Crippen molar-refractivity contribution in [2.45, 2.75) is 50.8 Å². The van der Waals surface area contributed by atoms with Crippen LogP contribution < -0.4 is 5.73 Å². The highest BCUT2D eigenvalue weighted by molar-refractivity contribution is 7.80. The van der Waals surface area contributed by atoms with E-state index in [0.29, 0.717) is 12.8 Å². The second-order valence-corrected chi connectivity index (χ2v) is 5.35. The van der Waals surface area contributed by atoms with Gasteiger partial charge in [-0.05, 0) is 32.6 Å². The summed E-state index contributed by atoms with van der Waals surface area (Å²) in [5.41, 5.74) is 5.52. The highest BCUT2D eigenvalue weighted by Crippen LogP contribution is 2.36. The third-order valence-electron chi connectivity index (χ3n) is 3.76. The Balaban J connectivity index is 2.11. The molecule has 0 aromatic rings. The first kappa shape index (κ1) is 11.8. The van der Waals surface area contributed by atoms with Gasteiger partial charge in [0.25, 0.3) is 0 Å². The molecular formula is C11H18N2O2S. The molecule has 2 saturated heterocycles. The second kappa shape index (κ2) is 4.30. The molecule has 0 saturated carbocycles. The van der Waals surface area contributed by atoms with Crippen LogP contribution >= 0.6 is 12.2 Å². The molecule has 5 heteroatoms. The number of aliphatic hydroxyl groups excluding tert-OH is 1. The van der Waals surface area contributed by atoms with Gasteiger partial charge in [-0.15, -0.1) is 0 Å². The average Bonchev–Trinajstić information content (AvgIpc) is 2.49. The van der Waals surface area contributed by atoms with Gasteiger partial charge in [0, 0.05) is 12.1 Å². The van der Waals surface area contributed by atoms with Crippen molar-refractivity contribution in [3.63, 3.8) is 0 Å². The first-order valence-corrected chi connectivity index (χ1v) is 6.21. The first-order valence-electron chi connectivity index (χ1n) is 5.80. The van der Waals surface area contributed by atoms with Crippen molar-refractivity contribution in [3.05, 3.63) is 0 Å². The van der Waals surface area contributed by atoms with Crippen LogP contribution in [0.2, 0.25) is 0 Å². The highest BCUT2D eigenvalue weighted by atomic mass is 32.1. The molecule has 4 nitrogen and oxygen atoms in total. The van der Waals surface area contributed by atoms with E-state index in [1.807, 2.05) is 4.90 Å². The maximum Gasteiger partial charge on any atom is 0.232 e. The number of carbonyl (C=O) groups excluding carboxylic acids is 1. The van der Waals surface area contributed by atoms with Gasteiger partial charge in [0.2, 0.25) is 5.91 Å². The van der Waals surface area contributed by atoms with Gasteiger partial charge in [0.05, 0.1) is 17.0 Å². The molecule has 90 valence electrons. The van der Waals surface area contributed by atoms with Crippen molar-refractivity contribution in [3.8, 4) is 0 Å². The number of amides is 1. The van der Waals surface area contributed by atoms with E-state index in [1.54, 1.807) is 6.92 Å². The normalized spacial score (nSPS) is 34.9. The molecule has 0 radical (unpaired) electrons. The molecular weight excluding hydrogens is 224 g/mol. The number of nitrogens with two attached hydrogens (primary N) is 1. The van der Waals surface area contributed by atoms with Crippen molar-refractivity contribution < 1.29 is 9.90 Å². The van der Waals surface area contributed by atoms with Crippen molar-refractivity contribution >= 4 is 23.1 Å². The number of aliphatic hydroxyl groups is 1. The molecule has 2 fully saturated rings. The fourth-order valence-corrected chi connectivity index (χ4v) is 2.95. The molecule has 0 aliphatic carbocycles. The van der Waals surface area contributed by atoms with Crippen LogP contribution in [0.3, 0.4) is 0 Å². The summed E-state index contributed by atoms with van der Waals surface area (Å²) in [6.45, 7) is 1.76. The monoisotopic (exact) mass is 242 g/mol. The maximum atomic E-state index is 12.2. The largest absolute Gasteiger partial charge is 0.393 e. The van der Waals surface area contributed by atoms with E-state index in [9.17, 15) is 9.90 Å². The number of nitrogens with zero attached hydrogens (tertiary/aromatic N) is 1. The molecule has 2 aliphatic heterocycles. The molecule has 1 amide bonds. The molecule has 3 unspecified atom stereocenters. The summed E-state index contributed by atoms with van der Waals surface area (Å²) in [6, 6.07) is 0.385. The van der Waals surface area contributed by atoms with Crippen molar-refractivity contribution in [1.82, 2.24) is 4.90 Å². The summed E-state index contributed by atoms with van der Waals surface area (Å²) in [6.07, 6.45) is 3.15. The van der Waals surface area contributed by atoms with Gasteiger partial charge in [-0.25, -0.2) is 0 Å². The van der Waals surface area contributed by atoms with Crippen molar-refractivity contribution in [2.24, 2.45) is 11.7 Å². The van der Waals surface area contributed by atoms with Gasteiger partial charge in [0.15, 0.2) is 0 Å². The number of hydrogen-bond donors (Lipinski definition) is 2. The summed E-state index contributed by atoms with van der Waals surface area (Å²) >= 11 is 4.87. The number of hydrogen-bond acceptors (Lipinski definition) is 3. The molecule has 0 aromatic carbocycles. The lowest BCUT2D eigenvalue weighted by atomic mass is 9.98. The zero-order valence-electron chi connectivity index (χ0n) is 9.43. The van der Waals surface area contributed by atoms with Crippen LogP contribution in [0.4, 0.5) is 0 Å². The van der Waals surface area contributed by atoms with Crippen molar-refractivity contribution in [1.29, 1.82) is 0 Å². The summed E-state index contributed by atoms with van der Waals surface area (Å²) in [5.74, 6) is -0.347. The lowest BCUT2D eigenvalue weighted by molar-refractivity contribution is -0.139. The van der Waals surface area contributed by atoms with Gasteiger partial charge in [-0.3, -0.25) is 4.79 Å². The standard InChI is InChI=1S/C11H18N2O2S/c1-6(10(12)16)11(15)13-7-2-3-8(13)5-9(14)4-7/h6-9,14H,2-5H2,1H3,(H2,12,16). The fraction of sp³-hybridized carbons (Fsp3) is 0.818. The number of fused-ring (bicyclic) bond motifs is 2. The number of thiocarbonyl (C=S) groups is 1. The number of piperidine rings is 1. The Morgan fingerprint density at radius 1 is 1.44 bits per heavy atom. The van der Waals surface area contributed by atoms with E-state index in [0.717, 1.165) is 12.8 Å². The van der Waals surface area contributed by atoms with Crippen LogP contribution in [0.1, 0.15) is 32.6 Å². The number of carbonyl (C=O) groups is 1. The highest BCUT2D eigenvalue weighted by Gasteiger charge is 2.43. The van der Waals surface area contributed by atoms with E-state index >= 15 is 0 Å². The van der Waals surface area contributed by atoms with Crippen LogP contribution in [0.5, 0.6) is 0 Å². The Morgan fingerprint density at radius 2 is 1.94 bits per heavy atom. The summed E-state index contributed by atoms with van der Waals surface area (Å²) in [4.78, 5) is 14.4. The summed E-state index contributed by atoms with van der Waals surface area (Å²) in [7, 11) is 0. The summed E-state index contributed by atoms with van der Waals surface area (Å²) in [5, 5.41) is 9.65. The fourth-order valence-electron chi connectivity index (χ4n) is 2.85. The van der Waals surface area contributed by atoms with E-state index in [4.69, 9.17) is 18.0 Å². The SMILES string of the molecule is CC(C(=O)N1C2CCC1CC(O)C2)C(N)=S. The minimum atomic E-state index is -0.381. The minimum absolute atomic E-state index is 0.0342. The number of rotatable bonds is 2. The maximum absolute atomic E-state index is 12.2. The minimum Gasteiger partial charge on any atom is -0.393 e. The topological polar surface area (TPSA) is 66.6 Å². The first-order chi connectivity index (χ1) is 7.50. The molecule has 2 rings (SSSR count). The lowest BCUT2D eigenvalue weighted by Gasteiger charge is -2.38. The second-order valence-electron chi connectivity index (χ2n) is 4.88. The average molecular weight is 242 g/mol. The van der Waals surface area contributed by atoms with Crippen LogP contribution in [0.25, 0.3) is 0 Å². The molecule has 0 spiro atoms. The Hall–Kier alpha value is -0.680. The van der Waals surface area contributed by atoms with Crippen LogP contribution in [-0.4, -0.2) is 39.1 Å². The predicted octanol–water partition coefficient (Wildman–Crippen LogP) is 0.423. The quantitative estimate of drug-likeness (QED) is 0.689. The molecule has 16 heavy (non-hydrogen) atoms. The van der Waals surface area contributed by atoms with E-state index < -0.39 is 0 Å². The summed E-state index contributed by atoms with van der Waals surface area (Å²) < 4.78 is 0. The molecule has 2 heterocycles. The third kappa shape index (κ3) is 1.94. The van der Waals surface area contributed by atoms with Gasteiger partial charge >= 0.3 is 0 Å². The Labute approximate surface area is 101 Å². The Bertz CT molecular complexity index is 307. The lowest BCUT2D eigenvalue weighted by Crippen LogP contribution is -2.51. The van der Waals surface area contributed by atoms with Gasteiger partial charge < -0.3 is 15.7 Å². The molecule has 3 N–H and O–H groups in total. The Kier molecular flexibility index (Phi) is 3.17. The molecule has 2 bridgehead atoms. The zero-order chi connectivity index (χ0) is 11.9. The molecule has 2 aliphatic rings. The van der Waals surface area contributed by atoms with Crippen molar-refractivity contribution in [2.75, 3.05) is 0 Å². The van der Waals surface area contributed by atoms with E-state index in [2.05, 4.69) is 0 Å².